The largest absolute Gasteiger partial charge is 0.493 e. The minimum Gasteiger partial charge on any atom is -0.493 e. The van der Waals surface area contributed by atoms with E-state index >= 15 is 0 Å². The van der Waals surface area contributed by atoms with Gasteiger partial charge in [0.1, 0.15) is 0 Å². The molecule has 0 atom stereocenters. The first-order valence-electron chi connectivity index (χ1n) is 7.74. The van der Waals surface area contributed by atoms with E-state index in [0.717, 1.165) is 0 Å². The molecular weight excluding hydrogens is 338 g/mol. The lowest BCUT2D eigenvalue weighted by Crippen LogP contribution is -2.24. The highest BCUT2D eigenvalue weighted by Crippen LogP contribution is 2.28. The summed E-state index contributed by atoms with van der Waals surface area (Å²) in [7, 11) is 1.44. The van der Waals surface area contributed by atoms with Gasteiger partial charge in [0, 0.05) is 11.8 Å². The minimum absolute atomic E-state index is 0.215. The monoisotopic (exact) mass is 355 g/mol. The molecule has 0 saturated heterocycles. The van der Waals surface area contributed by atoms with Gasteiger partial charge >= 0.3 is 0 Å². The van der Waals surface area contributed by atoms with Crippen LogP contribution >= 0.6 is 0 Å². The molecule has 0 aliphatic heterocycles. The summed E-state index contributed by atoms with van der Waals surface area (Å²) in [5.74, 6) is 0.354. The summed E-state index contributed by atoms with van der Waals surface area (Å²) in [5, 5.41) is 10.9. The summed E-state index contributed by atoms with van der Waals surface area (Å²) in [4.78, 5) is 23.2. The molecule has 0 fully saturated rings. The van der Waals surface area contributed by atoms with Gasteiger partial charge < -0.3 is 20.5 Å². The van der Waals surface area contributed by atoms with Crippen molar-refractivity contribution in [2.24, 2.45) is 5.73 Å². The van der Waals surface area contributed by atoms with Crippen molar-refractivity contribution in [1.29, 1.82) is 0 Å². The number of ether oxygens (including phenoxy) is 2. The van der Waals surface area contributed by atoms with Gasteiger partial charge in [-0.3, -0.25) is 14.0 Å². The molecule has 0 aliphatic rings. The summed E-state index contributed by atoms with van der Waals surface area (Å²) in [6, 6.07) is 10.2. The average molecular weight is 355 g/mol. The van der Waals surface area contributed by atoms with Crippen molar-refractivity contribution in [3.8, 4) is 11.5 Å². The summed E-state index contributed by atoms with van der Waals surface area (Å²) in [6.07, 6.45) is 1.82. The normalized spacial score (nSPS) is 10.5. The van der Waals surface area contributed by atoms with Crippen molar-refractivity contribution >= 4 is 17.5 Å². The molecule has 3 aromatic rings. The standard InChI is InChI=1S/C17H17N5O4/c1-25-13-8-11(5-6-12(13)26-10-14(18)23)17(24)19-9-16-21-20-15-4-2-3-7-22(15)16/h2-8H,9-10H2,1H3,(H2,18,23)(H,19,24). The number of carbonyl (C=O) groups is 2. The van der Waals surface area contributed by atoms with Crippen LogP contribution in [0, 0.1) is 0 Å². The third-order valence-electron chi connectivity index (χ3n) is 3.59. The number of nitrogens with zero attached hydrogens (tertiary/aromatic N) is 3. The van der Waals surface area contributed by atoms with Crippen molar-refractivity contribution < 1.29 is 19.1 Å². The maximum atomic E-state index is 12.4. The van der Waals surface area contributed by atoms with Crippen LogP contribution in [0.1, 0.15) is 16.2 Å². The molecule has 2 amide bonds. The van der Waals surface area contributed by atoms with E-state index in [1.165, 1.54) is 13.2 Å². The number of carbonyl (C=O) groups excluding carboxylic acids is 2. The van der Waals surface area contributed by atoms with Gasteiger partial charge in [-0.25, -0.2) is 0 Å². The predicted molar refractivity (Wildman–Crippen MR) is 91.8 cm³/mol. The molecule has 0 radical (unpaired) electrons. The molecule has 0 bridgehead atoms. The Morgan fingerprint density at radius 1 is 1.19 bits per heavy atom. The topological polar surface area (TPSA) is 121 Å². The fraction of sp³-hybridized carbons (Fsp3) is 0.176. The molecule has 2 aromatic heterocycles. The van der Waals surface area contributed by atoms with Gasteiger partial charge in [-0.05, 0) is 30.3 Å². The van der Waals surface area contributed by atoms with Gasteiger partial charge in [-0.1, -0.05) is 6.07 Å². The number of primary amides is 1. The van der Waals surface area contributed by atoms with Crippen LogP contribution in [0.4, 0.5) is 0 Å². The number of rotatable bonds is 7. The van der Waals surface area contributed by atoms with Gasteiger partial charge in [0.2, 0.25) is 0 Å². The Bertz CT molecular complexity index is 953. The van der Waals surface area contributed by atoms with E-state index in [2.05, 4.69) is 15.5 Å². The number of amides is 2. The van der Waals surface area contributed by atoms with Crippen molar-refractivity contribution in [1.82, 2.24) is 19.9 Å². The van der Waals surface area contributed by atoms with Gasteiger partial charge in [0.25, 0.3) is 11.8 Å². The van der Waals surface area contributed by atoms with Gasteiger partial charge in [-0.2, -0.15) is 0 Å². The molecule has 9 nitrogen and oxygen atoms in total. The number of fused-ring (bicyclic) bond motifs is 1. The van der Waals surface area contributed by atoms with Gasteiger partial charge in [0.15, 0.2) is 29.6 Å². The van der Waals surface area contributed by atoms with E-state index in [0.29, 0.717) is 28.5 Å². The molecule has 0 unspecified atom stereocenters. The van der Waals surface area contributed by atoms with E-state index in [9.17, 15) is 9.59 Å². The summed E-state index contributed by atoms with van der Waals surface area (Å²) in [6.45, 7) is -0.0614. The molecule has 2 heterocycles. The maximum absolute atomic E-state index is 12.4. The lowest BCUT2D eigenvalue weighted by molar-refractivity contribution is -0.119. The summed E-state index contributed by atoms with van der Waals surface area (Å²) in [5.41, 5.74) is 6.13. The number of pyridine rings is 1. The number of hydrogen-bond acceptors (Lipinski definition) is 6. The Labute approximate surface area is 148 Å². The van der Waals surface area contributed by atoms with Crippen LogP contribution in [0.15, 0.2) is 42.6 Å². The number of nitrogens with two attached hydrogens (primary N) is 1. The highest BCUT2D eigenvalue weighted by Gasteiger charge is 2.13. The second-order valence-corrected chi connectivity index (χ2v) is 5.35. The molecule has 1 aromatic carbocycles. The Kier molecular flexibility index (Phi) is 4.97. The zero-order valence-corrected chi connectivity index (χ0v) is 14.0. The van der Waals surface area contributed by atoms with Crippen LogP contribution in [0.3, 0.4) is 0 Å². The van der Waals surface area contributed by atoms with Crippen LogP contribution in [0.25, 0.3) is 5.65 Å². The molecule has 3 rings (SSSR count). The SMILES string of the molecule is COc1cc(C(=O)NCc2nnc3ccccn23)ccc1OCC(N)=O. The zero-order valence-electron chi connectivity index (χ0n) is 14.0. The van der Waals surface area contributed by atoms with E-state index in [-0.39, 0.29) is 19.1 Å². The molecule has 134 valence electrons. The Morgan fingerprint density at radius 3 is 2.81 bits per heavy atom. The number of aromatic nitrogens is 3. The number of nitrogens with one attached hydrogen (secondary N) is 1. The van der Waals surface area contributed by atoms with Gasteiger partial charge in [-0.15, -0.1) is 10.2 Å². The number of benzene rings is 1. The smallest absolute Gasteiger partial charge is 0.255 e. The maximum Gasteiger partial charge on any atom is 0.255 e. The third kappa shape index (κ3) is 3.72. The van der Waals surface area contributed by atoms with Crippen LogP contribution in [-0.2, 0) is 11.3 Å². The first-order chi connectivity index (χ1) is 12.6. The molecular formula is C17H17N5O4. The Hall–Kier alpha value is -3.62. The fourth-order valence-electron chi connectivity index (χ4n) is 2.35. The first-order valence-corrected chi connectivity index (χ1v) is 7.74. The molecule has 0 saturated carbocycles. The lowest BCUT2D eigenvalue weighted by atomic mass is 10.2. The lowest BCUT2D eigenvalue weighted by Gasteiger charge is -2.11. The molecule has 0 spiro atoms. The highest BCUT2D eigenvalue weighted by atomic mass is 16.5. The number of methoxy groups -OCH3 is 1. The van der Waals surface area contributed by atoms with Crippen LogP contribution in [-0.4, -0.2) is 40.1 Å². The van der Waals surface area contributed by atoms with Gasteiger partial charge in [0.05, 0.1) is 13.7 Å². The van der Waals surface area contributed by atoms with Crippen LogP contribution in [0.2, 0.25) is 0 Å². The Morgan fingerprint density at radius 2 is 2.04 bits per heavy atom. The van der Waals surface area contributed by atoms with Crippen LogP contribution in [0.5, 0.6) is 11.5 Å². The van der Waals surface area contributed by atoms with E-state index in [1.54, 1.807) is 16.5 Å². The second kappa shape index (κ2) is 7.51. The predicted octanol–water partition coefficient (Wildman–Crippen LogP) is 0.532. The molecule has 9 heteroatoms. The number of hydrogen-bond donors (Lipinski definition) is 2. The van der Waals surface area contributed by atoms with Crippen molar-refractivity contribution in [2.45, 2.75) is 6.54 Å². The molecule has 3 N–H and O–H groups in total. The van der Waals surface area contributed by atoms with Crippen molar-refractivity contribution in [3.05, 3.63) is 54.0 Å². The van der Waals surface area contributed by atoms with E-state index in [4.69, 9.17) is 15.2 Å². The van der Waals surface area contributed by atoms with Crippen LogP contribution < -0.4 is 20.5 Å². The zero-order chi connectivity index (χ0) is 18.5. The minimum atomic E-state index is -0.602. The highest BCUT2D eigenvalue weighted by molar-refractivity contribution is 5.94. The fourth-order valence-corrected chi connectivity index (χ4v) is 2.35. The van der Waals surface area contributed by atoms with Crippen molar-refractivity contribution in [2.75, 3.05) is 13.7 Å². The molecule has 0 aliphatic carbocycles. The van der Waals surface area contributed by atoms with E-state index < -0.39 is 5.91 Å². The van der Waals surface area contributed by atoms with Crippen molar-refractivity contribution in [3.63, 3.8) is 0 Å². The first kappa shape index (κ1) is 17.2. The summed E-state index contributed by atoms with van der Waals surface area (Å²) >= 11 is 0. The molecule has 26 heavy (non-hydrogen) atoms. The third-order valence-corrected chi connectivity index (χ3v) is 3.59. The Balaban J connectivity index is 1.70. The average Bonchev–Trinajstić information content (AvgIpc) is 3.07. The quantitative estimate of drug-likeness (QED) is 0.638. The summed E-state index contributed by atoms with van der Waals surface area (Å²) < 4.78 is 12.2. The van der Waals surface area contributed by atoms with E-state index in [1.807, 2.05) is 24.4 Å². The second-order valence-electron chi connectivity index (χ2n) is 5.35.